The Morgan fingerprint density at radius 3 is 2.90 bits per heavy atom. The Hall–Kier alpha value is -1.46. The molecule has 1 unspecified atom stereocenters. The minimum Gasteiger partial charge on any atom is -0.368 e. The van der Waals surface area contributed by atoms with Crippen LogP contribution in [0.25, 0.3) is 0 Å². The van der Waals surface area contributed by atoms with E-state index in [-0.39, 0.29) is 11.9 Å². The zero-order valence-electron chi connectivity index (χ0n) is 12.8. The van der Waals surface area contributed by atoms with Crippen molar-refractivity contribution in [3.8, 4) is 0 Å². The fraction of sp³-hybridized carbons (Fsp3) is 0.438. The van der Waals surface area contributed by atoms with E-state index in [4.69, 9.17) is 0 Å². The molecule has 0 aliphatic carbocycles. The van der Waals surface area contributed by atoms with Crippen LogP contribution in [0.2, 0.25) is 0 Å². The molecule has 1 aromatic carbocycles. The highest BCUT2D eigenvalue weighted by atomic mass is 32.1. The average molecular weight is 307 g/mol. The van der Waals surface area contributed by atoms with Gasteiger partial charge >= 0.3 is 0 Å². The quantitative estimate of drug-likeness (QED) is 0.838. The highest BCUT2D eigenvalue weighted by Crippen LogP contribution is 2.29. The summed E-state index contributed by atoms with van der Waals surface area (Å²) in [7, 11) is 1.98. The molecule has 21 heavy (non-hydrogen) atoms. The number of nitrogens with zero attached hydrogens (tertiary/aromatic N) is 2. The maximum atomic E-state index is 14.3. The third-order valence-electron chi connectivity index (χ3n) is 3.46. The van der Waals surface area contributed by atoms with Gasteiger partial charge in [-0.1, -0.05) is 13.0 Å². The van der Waals surface area contributed by atoms with Gasteiger partial charge in [-0.3, -0.25) is 0 Å². The van der Waals surface area contributed by atoms with Gasteiger partial charge in [0.25, 0.3) is 0 Å². The van der Waals surface area contributed by atoms with E-state index in [1.807, 2.05) is 30.9 Å². The standard InChI is InChI=1S/C16H22FN3S/c1-4-8-18-12(2)16-14(17)6-5-7-15(16)20(3)9-13-10-21-11-19-13/h5-7,10-12,18H,4,8-9H2,1-3H3. The second kappa shape index (κ2) is 7.52. The molecule has 1 aromatic heterocycles. The van der Waals surface area contributed by atoms with E-state index in [0.717, 1.165) is 29.9 Å². The third kappa shape index (κ3) is 4.02. The first-order valence-corrected chi connectivity index (χ1v) is 8.17. The van der Waals surface area contributed by atoms with Gasteiger partial charge in [-0.25, -0.2) is 9.37 Å². The molecule has 2 aromatic rings. The summed E-state index contributed by atoms with van der Waals surface area (Å²) in [6, 6.07) is 5.24. The largest absolute Gasteiger partial charge is 0.368 e. The zero-order valence-corrected chi connectivity index (χ0v) is 13.6. The van der Waals surface area contributed by atoms with Crippen LogP contribution in [-0.4, -0.2) is 18.6 Å². The zero-order chi connectivity index (χ0) is 15.2. The fourth-order valence-electron chi connectivity index (χ4n) is 2.39. The Bertz CT molecular complexity index is 557. The lowest BCUT2D eigenvalue weighted by Gasteiger charge is -2.25. The first-order valence-electron chi connectivity index (χ1n) is 7.23. The number of anilines is 1. The van der Waals surface area contributed by atoms with Crippen molar-refractivity contribution in [2.45, 2.75) is 32.9 Å². The second-order valence-corrected chi connectivity index (χ2v) is 5.90. The van der Waals surface area contributed by atoms with Gasteiger partial charge in [0.1, 0.15) is 5.82 Å². The molecule has 1 N–H and O–H groups in total. The van der Waals surface area contributed by atoms with E-state index in [9.17, 15) is 4.39 Å². The van der Waals surface area contributed by atoms with Crippen LogP contribution >= 0.6 is 11.3 Å². The van der Waals surface area contributed by atoms with Gasteiger partial charge < -0.3 is 10.2 Å². The van der Waals surface area contributed by atoms with Gasteiger partial charge in [-0.05, 0) is 32.0 Å². The molecular weight excluding hydrogens is 285 g/mol. The number of benzene rings is 1. The molecule has 0 saturated heterocycles. The van der Waals surface area contributed by atoms with Gasteiger partial charge in [0, 0.05) is 29.7 Å². The molecular formula is C16H22FN3S. The van der Waals surface area contributed by atoms with Gasteiger partial charge in [0.2, 0.25) is 0 Å². The number of nitrogens with one attached hydrogen (secondary N) is 1. The predicted octanol–water partition coefficient (Wildman–Crippen LogP) is 3.98. The van der Waals surface area contributed by atoms with Crippen LogP contribution < -0.4 is 10.2 Å². The van der Waals surface area contributed by atoms with E-state index in [1.165, 1.54) is 6.07 Å². The summed E-state index contributed by atoms with van der Waals surface area (Å²) in [4.78, 5) is 6.35. The van der Waals surface area contributed by atoms with Crippen LogP contribution in [0.4, 0.5) is 10.1 Å². The summed E-state index contributed by atoms with van der Waals surface area (Å²) < 4.78 is 14.3. The summed E-state index contributed by atoms with van der Waals surface area (Å²) in [6.45, 7) is 5.68. The van der Waals surface area contributed by atoms with E-state index >= 15 is 0 Å². The molecule has 0 aliphatic rings. The second-order valence-electron chi connectivity index (χ2n) is 5.18. The molecule has 0 radical (unpaired) electrons. The summed E-state index contributed by atoms with van der Waals surface area (Å²) >= 11 is 1.58. The van der Waals surface area contributed by atoms with Crippen molar-refractivity contribution in [3.63, 3.8) is 0 Å². The maximum Gasteiger partial charge on any atom is 0.130 e. The molecule has 1 atom stereocenters. The molecule has 0 amide bonds. The van der Waals surface area contributed by atoms with Crippen LogP contribution in [0.15, 0.2) is 29.1 Å². The predicted molar refractivity (Wildman–Crippen MR) is 87.3 cm³/mol. The average Bonchev–Trinajstić information content (AvgIpc) is 2.97. The first kappa shape index (κ1) is 15.9. The molecule has 0 aliphatic heterocycles. The Kier molecular flexibility index (Phi) is 5.70. The topological polar surface area (TPSA) is 28.2 Å². The Morgan fingerprint density at radius 2 is 2.24 bits per heavy atom. The van der Waals surface area contributed by atoms with Crippen LogP contribution in [0.5, 0.6) is 0 Å². The van der Waals surface area contributed by atoms with Gasteiger partial charge in [-0.15, -0.1) is 11.3 Å². The third-order valence-corrected chi connectivity index (χ3v) is 4.09. The van der Waals surface area contributed by atoms with Crippen molar-refractivity contribution in [2.75, 3.05) is 18.5 Å². The first-order chi connectivity index (χ1) is 10.1. The molecule has 5 heteroatoms. The maximum absolute atomic E-state index is 14.3. The van der Waals surface area contributed by atoms with Crippen LogP contribution in [-0.2, 0) is 6.54 Å². The van der Waals surface area contributed by atoms with Gasteiger partial charge in [-0.2, -0.15) is 0 Å². The molecule has 114 valence electrons. The summed E-state index contributed by atoms with van der Waals surface area (Å²) in [5.74, 6) is -0.159. The molecule has 0 spiro atoms. The Balaban J connectivity index is 2.23. The molecule has 0 fully saturated rings. The highest BCUT2D eigenvalue weighted by Gasteiger charge is 2.18. The fourth-order valence-corrected chi connectivity index (χ4v) is 2.94. The molecule has 0 saturated carbocycles. The van der Waals surface area contributed by atoms with Gasteiger partial charge in [0.15, 0.2) is 0 Å². The molecule has 0 bridgehead atoms. The van der Waals surface area contributed by atoms with E-state index < -0.39 is 0 Å². The normalized spacial score (nSPS) is 12.4. The number of thiazole rings is 1. The van der Waals surface area contributed by atoms with E-state index in [1.54, 1.807) is 17.4 Å². The molecule has 3 nitrogen and oxygen atoms in total. The minimum atomic E-state index is -0.159. The number of hydrogen-bond donors (Lipinski definition) is 1. The van der Waals surface area contributed by atoms with Crippen molar-refractivity contribution in [1.29, 1.82) is 0 Å². The smallest absolute Gasteiger partial charge is 0.130 e. The number of aromatic nitrogens is 1. The van der Waals surface area contributed by atoms with E-state index in [2.05, 4.69) is 22.1 Å². The van der Waals surface area contributed by atoms with Crippen LogP contribution in [0, 0.1) is 5.82 Å². The SMILES string of the molecule is CCCNC(C)c1c(F)cccc1N(C)Cc1cscn1. The lowest BCUT2D eigenvalue weighted by molar-refractivity contribution is 0.527. The molecule has 1 heterocycles. The van der Waals surface area contributed by atoms with Crippen LogP contribution in [0.1, 0.15) is 37.6 Å². The van der Waals surface area contributed by atoms with Crippen molar-refractivity contribution >= 4 is 17.0 Å². The van der Waals surface area contributed by atoms with Crippen molar-refractivity contribution in [1.82, 2.24) is 10.3 Å². The van der Waals surface area contributed by atoms with Crippen molar-refractivity contribution in [3.05, 3.63) is 46.2 Å². The highest BCUT2D eigenvalue weighted by molar-refractivity contribution is 7.07. The molecule has 2 rings (SSSR count). The summed E-state index contributed by atoms with van der Waals surface area (Å²) in [5.41, 5.74) is 4.47. The van der Waals surface area contributed by atoms with E-state index in [0.29, 0.717) is 6.54 Å². The van der Waals surface area contributed by atoms with Crippen molar-refractivity contribution < 1.29 is 4.39 Å². The lowest BCUT2D eigenvalue weighted by Crippen LogP contribution is -2.25. The Morgan fingerprint density at radius 1 is 1.43 bits per heavy atom. The minimum absolute atomic E-state index is 0.0148. The van der Waals surface area contributed by atoms with Gasteiger partial charge in [0.05, 0.1) is 17.7 Å². The monoisotopic (exact) mass is 307 g/mol. The number of rotatable bonds is 7. The summed E-state index contributed by atoms with van der Waals surface area (Å²) in [6.07, 6.45) is 1.03. The summed E-state index contributed by atoms with van der Waals surface area (Å²) in [5, 5.41) is 5.39. The van der Waals surface area contributed by atoms with Crippen LogP contribution in [0.3, 0.4) is 0 Å². The Labute approximate surface area is 129 Å². The van der Waals surface area contributed by atoms with Crippen molar-refractivity contribution in [2.24, 2.45) is 0 Å². The number of halogens is 1. The lowest BCUT2D eigenvalue weighted by atomic mass is 10.0. The number of hydrogen-bond acceptors (Lipinski definition) is 4.